The van der Waals surface area contributed by atoms with E-state index in [0.717, 1.165) is 31.5 Å². The molecule has 1 aromatic carbocycles. The summed E-state index contributed by atoms with van der Waals surface area (Å²) in [6.07, 6.45) is 2.30. The normalized spacial score (nSPS) is 11.2. The van der Waals surface area contributed by atoms with Crippen molar-refractivity contribution in [3.05, 3.63) is 29.3 Å². The highest BCUT2D eigenvalue weighted by atomic mass is 16.4. The summed E-state index contributed by atoms with van der Waals surface area (Å²) in [5.74, 6) is 0.482. The first-order valence-electron chi connectivity index (χ1n) is 7.90. The minimum absolute atomic E-state index is 0.365. The van der Waals surface area contributed by atoms with Gasteiger partial charge >= 0.3 is 5.97 Å². The third kappa shape index (κ3) is 5.78. The SMILES string of the molecule is Cc1cc(C(=O)O)ccc1N(CCC(C)C)CCC(C)C. The molecular formula is C18H29NO2. The van der Waals surface area contributed by atoms with Crippen molar-refractivity contribution >= 4 is 11.7 Å². The van der Waals surface area contributed by atoms with E-state index in [1.807, 2.05) is 13.0 Å². The highest BCUT2D eigenvalue weighted by molar-refractivity contribution is 5.88. The second-order valence-corrected chi connectivity index (χ2v) is 6.66. The van der Waals surface area contributed by atoms with Crippen molar-refractivity contribution in [3.8, 4) is 0 Å². The van der Waals surface area contributed by atoms with Gasteiger partial charge in [0, 0.05) is 18.8 Å². The predicted molar refractivity (Wildman–Crippen MR) is 89.3 cm³/mol. The lowest BCUT2D eigenvalue weighted by molar-refractivity contribution is 0.0697. The zero-order chi connectivity index (χ0) is 16.0. The van der Waals surface area contributed by atoms with E-state index in [1.54, 1.807) is 12.1 Å². The number of nitrogens with zero attached hydrogens (tertiary/aromatic N) is 1. The van der Waals surface area contributed by atoms with Crippen LogP contribution in [0.15, 0.2) is 18.2 Å². The van der Waals surface area contributed by atoms with E-state index in [9.17, 15) is 4.79 Å². The lowest BCUT2D eigenvalue weighted by atomic mass is 10.0. The van der Waals surface area contributed by atoms with Crippen LogP contribution in [0.2, 0.25) is 0 Å². The van der Waals surface area contributed by atoms with Gasteiger partial charge in [-0.2, -0.15) is 0 Å². The number of hydrogen-bond acceptors (Lipinski definition) is 2. The second-order valence-electron chi connectivity index (χ2n) is 6.66. The van der Waals surface area contributed by atoms with Crippen molar-refractivity contribution in [2.24, 2.45) is 11.8 Å². The molecule has 3 heteroatoms. The van der Waals surface area contributed by atoms with Gasteiger partial charge in [-0.25, -0.2) is 4.79 Å². The third-order valence-electron chi connectivity index (χ3n) is 3.74. The highest BCUT2D eigenvalue weighted by Crippen LogP contribution is 2.23. The first-order chi connectivity index (χ1) is 9.81. The standard InChI is InChI=1S/C18H29NO2/c1-13(2)8-10-19(11-9-14(3)4)17-7-6-16(18(20)21)12-15(17)5/h6-7,12-14H,8-11H2,1-5H3,(H,20,21). The van der Waals surface area contributed by atoms with Gasteiger partial charge in [-0.15, -0.1) is 0 Å². The summed E-state index contributed by atoms with van der Waals surface area (Å²) in [6, 6.07) is 5.44. The zero-order valence-electron chi connectivity index (χ0n) is 14.0. The molecule has 0 radical (unpaired) electrons. The Kier molecular flexibility index (Phi) is 6.73. The van der Waals surface area contributed by atoms with Crippen LogP contribution in [0.1, 0.15) is 56.5 Å². The maximum Gasteiger partial charge on any atom is 0.335 e. The van der Waals surface area contributed by atoms with Gasteiger partial charge in [0.2, 0.25) is 0 Å². The zero-order valence-corrected chi connectivity index (χ0v) is 14.0. The first kappa shape index (κ1) is 17.5. The number of aryl methyl sites for hydroxylation is 1. The quantitative estimate of drug-likeness (QED) is 0.761. The molecule has 0 aromatic heterocycles. The van der Waals surface area contributed by atoms with Crippen LogP contribution in [0, 0.1) is 18.8 Å². The van der Waals surface area contributed by atoms with E-state index >= 15 is 0 Å². The molecule has 0 fully saturated rings. The molecule has 0 saturated carbocycles. The Balaban J connectivity index is 2.92. The number of aromatic carboxylic acids is 1. The molecular weight excluding hydrogens is 262 g/mol. The molecule has 21 heavy (non-hydrogen) atoms. The molecule has 1 N–H and O–H groups in total. The summed E-state index contributed by atoms with van der Waals surface area (Å²) in [7, 11) is 0. The molecule has 0 aliphatic rings. The molecule has 0 unspecified atom stereocenters. The lowest BCUT2D eigenvalue weighted by Gasteiger charge is -2.28. The van der Waals surface area contributed by atoms with Crippen molar-refractivity contribution in [1.82, 2.24) is 0 Å². The fraction of sp³-hybridized carbons (Fsp3) is 0.611. The van der Waals surface area contributed by atoms with Crippen LogP contribution in [0.5, 0.6) is 0 Å². The van der Waals surface area contributed by atoms with Crippen LogP contribution in [0.25, 0.3) is 0 Å². The monoisotopic (exact) mass is 291 g/mol. The molecule has 0 saturated heterocycles. The minimum Gasteiger partial charge on any atom is -0.478 e. The molecule has 1 aromatic rings. The van der Waals surface area contributed by atoms with Gasteiger partial charge in [-0.05, 0) is 55.4 Å². The Morgan fingerprint density at radius 3 is 2.00 bits per heavy atom. The Bertz CT molecular complexity index is 454. The highest BCUT2D eigenvalue weighted by Gasteiger charge is 2.13. The number of carbonyl (C=O) groups is 1. The Morgan fingerprint density at radius 1 is 1.10 bits per heavy atom. The Labute approximate surface area is 129 Å². The summed E-state index contributed by atoms with van der Waals surface area (Å²) < 4.78 is 0. The average molecular weight is 291 g/mol. The van der Waals surface area contributed by atoms with Crippen molar-refractivity contribution in [2.45, 2.75) is 47.5 Å². The third-order valence-corrected chi connectivity index (χ3v) is 3.74. The van der Waals surface area contributed by atoms with E-state index in [0.29, 0.717) is 17.4 Å². The minimum atomic E-state index is -0.861. The van der Waals surface area contributed by atoms with Crippen LogP contribution in [0.3, 0.4) is 0 Å². The lowest BCUT2D eigenvalue weighted by Crippen LogP contribution is -2.28. The average Bonchev–Trinajstić information content (AvgIpc) is 2.38. The molecule has 0 heterocycles. The van der Waals surface area contributed by atoms with Gasteiger partial charge in [0.05, 0.1) is 5.56 Å². The molecule has 118 valence electrons. The summed E-state index contributed by atoms with van der Waals surface area (Å²) in [4.78, 5) is 13.5. The number of carboxylic acids is 1. The van der Waals surface area contributed by atoms with Gasteiger partial charge < -0.3 is 10.0 Å². The van der Waals surface area contributed by atoms with Gasteiger partial charge in [0.25, 0.3) is 0 Å². The number of hydrogen-bond donors (Lipinski definition) is 1. The van der Waals surface area contributed by atoms with E-state index in [4.69, 9.17) is 5.11 Å². The van der Waals surface area contributed by atoms with Gasteiger partial charge in [-0.3, -0.25) is 0 Å². The summed E-state index contributed by atoms with van der Waals surface area (Å²) >= 11 is 0. The molecule has 0 spiro atoms. The van der Waals surface area contributed by atoms with E-state index in [1.165, 1.54) is 5.69 Å². The van der Waals surface area contributed by atoms with Crippen LogP contribution >= 0.6 is 0 Å². The summed E-state index contributed by atoms with van der Waals surface area (Å²) in [5.41, 5.74) is 2.58. The summed E-state index contributed by atoms with van der Waals surface area (Å²) in [6.45, 7) is 13.0. The molecule has 0 aliphatic carbocycles. The Morgan fingerprint density at radius 2 is 1.62 bits per heavy atom. The van der Waals surface area contributed by atoms with Gasteiger partial charge in [-0.1, -0.05) is 27.7 Å². The fourth-order valence-electron chi connectivity index (χ4n) is 2.32. The van der Waals surface area contributed by atoms with Gasteiger partial charge in [0.15, 0.2) is 0 Å². The van der Waals surface area contributed by atoms with Crippen LogP contribution in [-0.2, 0) is 0 Å². The van der Waals surface area contributed by atoms with Crippen molar-refractivity contribution in [1.29, 1.82) is 0 Å². The number of rotatable bonds is 8. The number of carboxylic acid groups (broad SMARTS) is 1. The molecule has 0 atom stereocenters. The van der Waals surface area contributed by atoms with Crippen LogP contribution in [0.4, 0.5) is 5.69 Å². The van der Waals surface area contributed by atoms with Crippen molar-refractivity contribution in [2.75, 3.05) is 18.0 Å². The summed E-state index contributed by atoms with van der Waals surface area (Å²) in [5, 5.41) is 9.08. The van der Waals surface area contributed by atoms with Crippen molar-refractivity contribution < 1.29 is 9.90 Å². The van der Waals surface area contributed by atoms with E-state index in [-0.39, 0.29) is 0 Å². The molecule has 0 aliphatic heterocycles. The van der Waals surface area contributed by atoms with Crippen LogP contribution in [-0.4, -0.2) is 24.2 Å². The maximum absolute atomic E-state index is 11.1. The molecule has 1 rings (SSSR count). The predicted octanol–water partition coefficient (Wildman–Crippen LogP) is 4.59. The largest absolute Gasteiger partial charge is 0.478 e. The fourth-order valence-corrected chi connectivity index (χ4v) is 2.32. The van der Waals surface area contributed by atoms with Gasteiger partial charge in [0.1, 0.15) is 0 Å². The first-order valence-corrected chi connectivity index (χ1v) is 7.90. The number of benzene rings is 1. The second kappa shape index (κ2) is 8.06. The smallest absolute Gasteiger partial charge is 0.335 e. The van der Waals surface area contributed by atoms with E-state index in [2.05, 4.69) is 32.6 Å². The molecule has 0 amide bonds. The Hall–Kier alpha value is -1.51. The maximum atomic E-state index is 11.1. The topological polar surface area (TPSA) is 40.5 Å². The van der Waals surface area contributed by atoms with Crippen molar-refractivity contribution in [3.63, 3.8) is 0 Å². The molecule has 3 nitrogen and oxygen atoms in total. The number of anilines is 1. The van der Waals surface area contributed by atoms with Crippen LogP contribution < -0.4 is 4.90 Å². The van der Waals surface area contributed by atoms with E-state index < -0.39 is 5.97 Å². The molecule has 0 bridgehead atoms.